The van der Waals surface area contributed by atoms with Gasteiger partial charge >= 0.3 is 5.97 Å². The van der Waals surface area contributed by atoms with E-state index in [1.807, 2.05) is 13.0 Å². The Morgan fingerprint density at radius 3 is 2.84 bits per heavy atom. The molecule has 0 saturated carbocycles. The number of halogens is 1. The fourth-order valence-corrected chi connectivity index (χ4v) is 1.65. The SMILES string of the molecule is Cc1ccc(Cl)c(Oc2ncc(N)cc2C(=O)O)c1. The van der Waals surface area contributed by atoms with Gasteiger partial charge in [-0.2, -0.15) is 0 Å². The van der Waals surface area contributed by atoms with Crippen LogP contribution < -0.4 is 10.5 Å². The molecular weight excluding hydrogens is 268 g/mol. The zero-order chi connectivity index (χ0) is 14.0. The van der Waals surface area contributed by atoms with E-state index in [0.29, 0.717) is 10.8 Å². The topological polar surface area (TPSA) is 85.4 Å². The molecule has 1 aromatic carbocycles. The molecule has 0 bridgehead atoms. The third-order valence-electron chi connectivity index (χ3n) is 2.40. The van der Waals surface area contributed by atoms with E-state index in [0.717, 1.165) is 5.56 Å². The molecule has 0 aliphatic rings. The molecular formula is C13H11ClN2O3. The maximum absolute atomic E-state index is 11.1. The van der Waals surface area contributed by atoms with Crippen molar-refractivity contribution in [2.24, 2.45) is 0 Å². The molecule has 6 heteroatoms. The smallest absolute Gasteiger partial charge is 0.341 e. The lowest BCUT2D eigenvalue weighted by molar-refractivity contribution is 0.0693. The van der Waals surface area contributed by atoms with Crippen molar-refractivity contribution in [1.82, 2.24) is 4.98 Å². The highest BCUT2D eigenvalue weighted by atomic mass is 35.5. The summed E-state index contributed by atoms with van der Waals surface area (Å²) in [5.74, 6) is -0.866. The van der Waals surface area contributed by atoms with Crippen LogP contribution in [0.2, 0.25) is 5.02 Å². The molecule has 5 nitrogen and oxygen atoms in total. The molecule has 0 atom stereocenters. The normalized spacial score (nSPS) is 10.2. The van der Waals surface area contributed by atoms with Crippen LogP contribution in [-0.2, 0) is 0 Å². The standard InChI is InChI=1S/C13H11ClN2O3/c1-7-2-3-10(14)11(4-7)19-12-9(13(17)18)5-8(15)6-16-12/h2-6H,15H2,1H3,(H,17,18). The highest BCUT2D eigenvalue weighted by Gasteiger charge is 2.15. The molecule has 0 spiro atoms. The number of hydrogen-bond acceptors (Lipinski definition) is 4. The van der Waals surface area contributed by atoms with Gasteiger partial charge in [0.2, 0.25) is 5.88 Å². The number of carboxylic acids is 1. The molecule has 98 valence electrons. The van der Waals surface area contributed by atoms with Gasteiger partial charge in [0.25, 0.3) is 0 Å². The monoisotopic (exact) mass is 278 g/mol. The lowest BCUT2D eigenvalue weighted by Gasteiger charge is -2.10. The second-order valence-electron chi connectivity index (χ2n) is 3.96. The number of ether oxygens (including phenoxy) is 1. The van der Waals surface area contributed by atoms with Gasteiger partial charge in [0.1, 0.15) is 11.3 Å². The number of hydrogen-bond donors (Lipinski definition) is 2. The van der Waals surface area contributed by atoms with Gasteiger partial charge in [0.15, 0.2) is 0 Å². The molecule has 0 unspecified atom stereocenters. The second-order valence-corrected chi connectivity index (χ2v) is 4.37. The minimum absolute atomic E-state index is 0.0470. The van der Waals surface area contributed by atoms with Gasteiger partial charge in [-0.25, -0.2) is 9.78 Å². The number of pyridine rings is 1. The Morgan fingerprint density at radius 2 is 2.16 bits per heavy atom. The summed E-state index contributed by atoms with van der Waals surface area (Å²) in [5, 5.41) is 9.46. The Labute approximate surface area is 114 Å². The quantitative estimate of drug-likeness (QED) is 0.901. The molecule has 19 heavy (non-hydrogen) atoms. The summed E-state index contributed by atoms with van der Waals surface area (Å²) in [6, 6.07) is 6.48. The first-order valence-electron chi connectivity index (χ1n) is 5.40. The largest absolute Gasteiger partial charge is 0.477 e. The van der Waals surface area contributed by atoms with Crippen molar-refractivity contribution in [2.45, 2.75) is 6.92 Å². The fraction of sp³-hybridized carbons (Fsp3) is 0.0769. The zero-order valence-electron chi connectivity index (χ0n) is 10.1. The Morgan fingerprint density at radius 1 is 1.42 bits per heavy atom. The van der Waals surface area contributed by atoms with Crippen molar-refractivity contribution < 1.29 is 14.6 Å². The molecule has 2 rings (SSSR count). The van der Waals surface area contributed by atoms with Crippen LogP contribution in [0.3, 0.4) is 0 Å². The predicted octanol–water partition coefficient (Wildman–Crippen LogP) is 3.12. The number of benzene rings is 1. The average molecular weight is 279 g/mol. The molecule has 0 saturated heterocycles. The van der Waals surface area contributed by atoms with Crippen molar-refractivity contribution in [3.8, 4) is 11.6 Å². The van der Waals surface area contributed by atoms with Gasteiger partial charge in [0, 0.05) is 0 Å². The van der Waals surface area contributed by atoms with E-state index < -0.39 is 5.97 Å². The van der Waals surface area contributed by atoms with Crippen LogP contribution >= 0.6 is 11.6 Å². The van der Waals surface area contributed by atoms with Gasteiger partial charge in [-0.05, 0) is 30.7 Å². The Bertz CT molecular complexity index is 644. The van der Waals surface area contributed by atoms with Crippen LogP contribution in [0.5, 0.6) is 11.6 Å². The maximum Gasteiger partial charge on any atom is 0.341 e. The van der Waals surface area contributed by atoms with E-state index in [2.05, 4.69) is 4.98 Å². The molecule has 1 heterocycles. The van der Waals surface area contributed by atoms with Crippen molar-refractivity contribution >= 4 is 23.3 Å². The van der Waals surface area contributed by atoms with E-state index >= 15 is 0 Å². The minimum Gasteiger partial charge on any atom is -0.477 e. The van der Waals surface area contributed by atoms with Crippen LogP contribution in [0, 0.1) is 6.92 Å². The van der Waals surface area contributed by atoms with Gasteiger partial charge in [0.05, 0.1) is 16.9 Å². The second kappa shape index (κ2) is 5.16. The van der Waals surface area contributed by atoms with E-state index in [-0.39, 0.29) is 17.1 Å². The average Bonchev–Trinajstić information content (AvgIpc) is 2.35. The molecule has 0 fully saturated rings. The number of aromatic carboxylic acids is 1. The van der Waals surface area contributed by atoms with Gasteiger partial charge in [-0.3, -0.25) is 0 Å². The maximum atomic E-state index is 11.1. The van der Waals surface area contributed by atoms with Gasteiger partial charge < -0.3 is 15.6 Å². The van der Waals surface area contributed by atoms with E-state index in [9.17, 15) is 4.79 Å². The predicted molar refractivity (Wildman–Crippen MR) is 71.9 cm³/mol. The molecule has 2 aromatic rings. The lowest BCUT2D eigenvalue weighted by Crippen LogP contribution is -2.03. The Hall–Kier alpha value is -2.27. The summed E-state index contributed by atoms with van der Waals surface area (Å²) in [6.07, 6.45) is 1.32. The number of aryl methyl sites for hydroxylation is 1. The molecule has 0 aliphatic heterocycles. The number of carbonyl (C=O) groups is 1. The summed E-state index contributed by atoms with van der Waals surface area (Å²) in [7, 11) is 0. The molecule has 3 N–H and O–H groups in total. The van der Waals surface area contributed by atoms with Crippen molar-refractivity contribution in [3.05, 3.63) is 46.6 Å². The van der Waals surface area contributed by atoms with Crippen LogP contribution in [0.1, 0.15) is 15.9 Å². The first-order chi connectivity index (χ1) is 8.97. The van der Waals surface area contributed by atoms with E-state index in [1.165, 1.54) is 12.3 Å². The zero-order valence-corrected chi connectivity index (χ0v) is 10.8. The molecule has 0 aliphatic carbocycles. The first kappa shape index (κ1) is 13.2. The number of carboxylic acid groups (broad SMARTS) is 1. The highest BCUT2D eigenvalue weighted by Crippen LogP contribution is 2.31. The van der Waals surface area contributed by atoms with Gasteiger partial charge in [-0.1, -0.05) is 17.7 Å². The summed E-state index contributed by atoms with van der Waals surface area (Å²) in [4.78, 5) is 15.0. The number of rotatable bonds is 3. The van der Waals surface area contributed by atoms with Crippen molar-refractivity contribution in [1.29, 1.82) is 0 Å². The number of aromatic nitrogens is 1. The third-order valence-corrected chi connectivity index (χ3v) is 2.71. The Balaban J connectivity index is 2.43. The summed E-state index contributed by atoms with van der Waals surface area (Å²) in [6.45, 7) is 1.87. The third kappa shape index (κ3) is 2.95. The molecule has 0 amide bonds. The lowest BCUT2D eigenvalue weighted by atomic mass is 10.2. The van der Waals surface area contributed by atoms with Crippen molar-refractivity contribution in [3.63, 3.8) is 0 Å². The fourth-order valence-electron chi connectivity index (χ4n) is 1.50. The highest BCUT2D eigenvalue weighted by molar-refractivity contribution is 6.32. The van der Waals surface area contributed by atoms with Crippen LogP contribution in [-0.4, -0.2) is 16.1 Å². The minimum atomic E-state index is -1.17. The number of nitrogens with zero attached hydrogens (tertiary/aromatic N) is 1. The number of nitrogen functional groups attached to an aromatic ring is 1. The van der Waals surface area contributed by atoms with E-state index in [4.69, 9.17) is 27.2 Å². The Kier molecular flexibility index (Phi) is 3.57. The van der Waals surface area contributed by atoms with Crippen LogP contribution in [0.4, 0.5) is 5.69 Å². The number of nitrogens with two attached hydrogens (primary N) is 1. The summed E-state index contributed by atoms with van der Waals surface area (Å²) in [5.41, 5.74) is 6.58. The summed E-state index contributed by atoms with van der Waals surface area (Å²) >= 11 is 5.98. The molecule has 1 aromatic heterocycles. The van der Waals surface area contributed by atoms with E-state index in [1.54, 1.807) is 12.1 Å². The van der Waals surface area contributed by atoms with Crippen molar-refractivity contribution in [2.75, 3.05) is 5.73 Å². The number of anilines is 1. The van der Waals surface area contributed by atoms with Gasteiger partial charge in [-0.15, -0.1) is 0 Å². The first-order valence-corrected chi connectivity index (χ1v) is 5.78. The summed E-state index contributed by atoms with van der Waals surface area (Å²) < 4.78 is 5.46. The van der Waals surface area contributed by atoms with Crippen LogP contribution in [0.25, 0.3) is 0 Å². The molecule has 0 radical (unpaired) electrons. The van der Waals surface area contributed by atoms with Crippen LogP contribution in [0.15, 0.2) is 30.5 Å².